The minimum atomic E-state index is -0.551. The molecular formula is C23H35BN2O4. The normalized spacial score (nSPS) is 20.6. The highest BCUT2D eigenvalue weighted by atomic mass is 16.7. The van der Waals surface area contributed by atoms with Crippen molar-refractivity contribution in [2.24, 2.45) is 0 Å². The molecule has 6 nitrogen and oxygen atoms in total. The number of ether oxygens (including phenoxy) is 1. The van der Waals surface area contributed by atoms with Crippen LogP contribution in [0.1, 0.15) is 65.2 Å². The Balaban J connectivity index is 1.84. The molecule has 0 spiro atoms. The van der Waals surface area contributed by atoms with Crippen LogP contribution in [0.4, 0.5) is 4.79 Å². The average molecular weight is 414 g/mol. The molecule has 2 N–H and O–H groups in total. The SMILES string of the molecule is CC(C)(C)OC(=O)NCC(=Cc1ccc2c(c1)CCNC2)B1OC(C)(C)C(C)(C)O1. The molecule has 2 aliphatic heterocycles. The Morgan fingerprint density at radius 2 is 1.87 bits per heavy atom. The molecule has 1 fully saturated rings. The zero-order chi connectivity index (χ0) is 22.2. The van der Waals surface area contributed by atoms with Gasteiger partial charge < -0.3 is 24.7 Å². The van der Waals surface area contributed by atoms with Gasteiger partial charge in [-0.3, -0.25) is 0 Å². The zero-order valence-electron chi connectivity index (χ0n) is 19.3. The Bertz CT molecular complexity index is 811. The molecule has 3 rings (SSSR count). The molecule has 0 saturated carbocycles. The van der Waals surface area contributed by atoms with Crippen molar-refractivity contribution in [3.05, 3.63) is 40.4 Å². The largest absolute Gasteiger partial charge is 0.492 e. The first-order valence-electron chi connectivity index (χ1n) is 10.7. The van der Waals surface area contributed by atoms with Gasteiger partial charge >= 0.3 is 13.2 Å². The summed E-state index contributed by atoms with van der Waals surface area (Å²) in [6.45, 7) is 15.8. The number of amides is 1. The minimum absolute atomic E-state index is 0.282. The second-order valence-corrected chi connectivity index (χ2v) is 10.1. The van der Waals surface area contributed by atoms with E-state index in [1.807, 2.05) is 48.5 Å². The molecular weight excluding hydrogens is 379 g/mol. The fraction of sp³-hybridized carbons (Fsp3) is 0.609. The van der Waals surface area contributed by atoms with Gasteiger partial charge in [-0.1, -0.05) is 24.3 Å². The first kappa shape index (κ1) is 22.9. The second-order valence-electron chi connectivity index (χ2n) is 10.1. The summed E-state index contributed by atoms with van der Waals surface area (Å²) >= 11 is 0. The van der Waals surface area contributed by atoms with Crippen molar-refractivity contribution in [2.75, 3.05) is 13.1 Å². The number of alkyl carbamates (subject to hydrolysis) is 1. The molecule has 1 saturated heterocycles. The van der Waals surface area contributed by atoms with E-state index in [2.05, 4.69) is 34.9 Å². The Morgan fingerprint density at radius 3 is 2.50 bits per heavy atom. The van der Waals surface area contributed by atoms with Crippen molar-refractivity contribution in [3.63, 3.8) is 0 Å². The van der Waals surface area contributed by atoms with E-state index in [-0.39, 0.29) is 6.54 Å². The summed E-state index contributed by atoms with van der Waals surface area (Å²) in [5.41, 5.74) is 3.16. The Morgan fingerprint density at radius 1 is 1.20 bits per heavy atom. The molecule has 0 radical (unpaired) electrons. The van der Waals surface area contributed by atoms with E-state index in [0.29, 0.717) is 0 Å². The maximum absolute atomic E-state index is 12.2. The fourth-order valence-electron chi connectivity index (χ4n) is 3.49. The van der Waals surface area contributed by atoms with Crippen molar-refractivity contribution >= 4 is 19.3 Å². The van der Waals surface area contributed by atoms with Crippen LogP contribution in [0.5, 0.6) is 0 Å². The molecule has 0 bridgehead atoms. The van der Waals surface area contributed by atoms with Crippen molar-refractivity contribution in [1.29, 1.82) is 0 Å². The van der Waals surface area contributed by atoms with Crippen LogP contribution < -0.4 is 10.6 Å². The van der Waals surface area contributed by atoms with Gasteiger partial charge in [-0.15, -0.1) is 0 Å². The predicted octanol–water partition coefficient (Wildman–Crippen LogP) is 3.87. The number of hydrogen-bond acceptors (Lipinski definition) is 5. The molecule has 2 aliphatic rings. The van der Waals surface area contributed by atoms with E-state index in [9.17, 15) is 4.79 Å². The third-order valence-corrected chi connectivity index (χ3v) is 5.86. The molecule has 2 heterocycles. The number of rotatable bonds is 4. The summed E-state index contributed by atoms with van der Waals surface area (Å²) < 4.78 is 17.9. The van der Waals surface area contributed by atoms with E-state index in [4.69, 9.17) is 14.0 Å². The lowest BCUT2D eigenvalue weighted by Crippen LogP contribution is -2.41. The van der Waals surface area contributed by atoms with E-state index < -0.39 is 30.0 Å². The third kappa shape index (κ3) is 5.45. The van der Waals surface area contributed by atoms with Gasteiger partial charge in [0.15, 0.2) is 0 Å². The van der Waals surface area contributed by atoms with E-state index in [1.54, 1.807) is 0 Å². The van der Waals surface area contributed by atoms with Crippen LogP contribution >= 0.6 is 0 Å². The first-order valence-corrected chi connectivity index (χ1v) is 10.7. The summed E-state index contributed by atoms with van der Waals surface area (Å²) in [5.74, 6) is 0. The van der Waals surface area contributed by atoms with Gasteiger partial charge in [0.2, 0.25) is 0 Å². The Labute approximate surface area is 180 Å². The van der Waals surface area contributed by atoms with E-state index in [1.165, 1.54) is 11.1 Å². The number of hydrogen-bond donors (Lipinski definition) is 2. The molecule has 30 heavy (non-hydrogen) atoms. The number of fused-ring (bicyclic) bond motifs is 1. The van der Waals surface area contributed by atoms with Crippen molar-refractivity contribution in [1.82, 2.24) is 10.6 Å². The van der Waals surface area contributed by atoms with Crippen molar-refractivity contribution < 1.29 is 18.8 Å². The van der Waals surface area contributed by atoms with E-state index >= 15 is 0 Å². The smallest absolute Gasteiger partial charge is 0.444 e. The highest BCUT2D eigenvalue weighted by Gasteiger charge is 2.52. The standard InChI is InChI=1S/C23H35BN2O4/c1-21(2,3)28-20(27)26-15-19(24-29-22(4,5)23(6,7)30-24)13-16-8-9-18-14-25-11-10-17(18)12-16/h8-9,12-13,25H,10-11,14-15H2,1-7H3,(H,26,27). The van der Waals surface area contributed by atoms with Gasteiger partial charge in [-0.2, -0.15) is 0 Å². The van der Waals surface area contributed by atoms with Gasteiger partial charge in [0.1, 0.15) is 5.60 Å². The topological polar surface area (TPSA) is 68.8 Å². The second kappa shape index (κ2) is 8.37. The average Bonchev–Trinajstić information content (AvgIpc) is 2.84. The molecule has 0 atom stereocenters. The van der Waals surface area contributed by atoms with Crippen molar-refractivity contribution in [2.45, 2.75) is 78.2 Å². The van der Waals surface area contributed by atoms with Gasteiger partial charge in [-0.05, 0) is 83.6 Å². The van der Waals surface area contributed by atoms with Crippen LogP contribution in [0.3, 0.4) is 0 Å². The number of carbonyl (C=O) groups excluding carboxylic acids is 1. The summed E-state index contributed by atoms with van der Waals surface area (Å²) in [6.07, 6.45) is 2.61. The van der Waals surface area contributed by atoms with Crippen LogP contribution in [0.25, 0.3) is 6.08 Å². The lowest BCUT2D eigenvalue weighted by molar-refractivity contribution is 0.00578. The first-order chi connectivity index (χ1) is 13.9. The van der Waals surface area contributed by atoms with Gasteiger partial charge in [-0.25, -0.2) is 4.79 Å². The molecule has 1 aromatic carbocycles. The maximum atomic E-state index is 12.2. The molecule has 1 amide bonds. The lowest BCUT2D eigenvalue weighted by atomic mass is 9.76. The van der Waals surface area contributed by atoms with E-state index in [0.717, 1.165) is 30.5 Å². The van der Waals surface area contributed by atoms with Crippen LogP contribution in [0.15, 0.2) is 23.7 Å². The summed E-state index contributed by atoms with van der Waals surface area (Å²) in [6, 6.07) is 6.48. The maximum Gasteiger partial charge on any atom is 0.492 e. The zero-order valence-corrected chi connectivity index (χ0v) is 19.3. The fourth-order valence-corrected chi connectivity index (χ4v) is 3.49. The highest BCUT2D eigenvalue weighted by molar-refractivity contribution is 6.56. The monoisotopic (exact) mass is 414 g/mol. The highest BCUT2D eigenvalue weighted by Crippen LogP contribution is 2.38. The molecule has 0 unspecified atom stereocenters. The number of benzene rings is 1. The van der Waals surface area contributed by atoms with Crippen LogP contribution in [0.2, 0.25) is 0 Å². The van der Waals surface area contributed by atoms with Crippen molar-refractivity contribution in [3.8, 4) is 0 Å². The predicted molar refractivity (Wildman–Crippen MR) is 120 cm³/mol. The summed E-state index contributed by atoms with van der Waals surface area (Å²) in [5, 5.41) is 6.25. The Hall–Kier alpha value is -1.83. The van der Waals surface area contributed by atoms with Gasteiger partial charge in [0.25, 0.3) is 0 Å². The Kier molecular flexibility index (Phi) is 6.37. The molecule has 1 aromatic rings. The summed E-state index contributed by atoms with van der Waals surface area (Å²) in [4.78, 5) is 12.2. The van der Waals surface area contributed by atoms with Crippen LogP contribution in [-0.4, -0.2) is 43.1 Å². The molecule has 7 heteroatoms. The van der Waals surface area contributed by atoms with Gasteiger partial charge in [0.05, 0.1) is 11.2 Å². The molecule has 0 aliphatic carbocycles. The molecule has 164 valence electrons. The molecule has 0 aromatic heterocycles. The quantitative estimate of drug-likeness (QED) is 0.733. The van der Waals surface area contributed by atoms with Gasteiger partial charge in [0, 0.05) is 13.1 Å². The van der Waals surface area contributed by atoms with Crippen LogP contribution in [-0.2, 0) is 27.0 Å². The minimum Gasteiger partial charge on any atom is -0.444 e. The third-order valence-electron chi connectivity index (χ3n) is 5.86. The summed E-state index contributed by atoms with van der Waals surface area (Å²) in [7, 11) is -0.539. The van der Waals surface area contributed by atoms with Crippen LogP contribution in [0, 0.1) is 0 Å². The number of carbonyl (C=O) groups is 1. The lowest BCUT2D eigenvalue weighted by Gasteiger charge is -2.32. The number of nitrogens with one attached hydrogen (secondary N) is 2.